The van der Waals surface area contributed by atoms with E-state index in [-0.39, 0.29) is 24.3 Å². The van der Waals surface area contributed by atoms with Gasteiger partial charge in [0, 0.05) is 24.7 Å². The molecule has 0 bridgehead atoms. The van der Waals surface area contributed by atoms with Crippen molar-refractivity contribution in [3.05, 3.63) is 70.8 Å². The molecular formula is C22H23F3N2O2. The Morgan fingerprint density at radius 2 is 1.66 bits per heavy atom. The third-order valence-electron chi connectivity index (χ3n) is 5.21. The molecule has 0 aliphatic carbocycles. The van der Waals surface area contributed by atoms with Crippen molar-refractivity contribution in [3.8, 4) is 0 Å². The fraction of sp³-hybridized carbons (Fsp3) is 0.364. The normalized spacial score (nSPS) is 15.2. The van der Waals surface area contributed by atoms with E-state index in [1.165, 1.54) is 12.1 Å². The summed E-state index contributed by atoms with van der Waals surface area (Å²) in [7, 11) is 0. The van der Waals surface area contributed by atoms with Crippen LogP contribution in [0.4, 0.5) is 13.2 Å². The second kappa shape index (κ2) is 8.68. The third-order valence-corrected chi connectivity index (χ3v) is 5.21. The standard InChI is InChI=1S/C22H23F3N2O2/c1-15-4-2-3-5-19(15)21(29)26-18-10-12-27(13-11-18)20(28)14-16-6-8-17(9-7-16)22(23,24)25/h2-9,18H,10-14H2,1H3,(H,26,29). The zero-order chi connectivity index (χ0) is 21.0. The van der Waals surface area contributed by atoms with E-state index in [2.05, 4.69) is 5.32 Å². The van der Waals surface area contributed by atoms with Gasteiger partial charge in [-0.1, -0.05) is 30.3 Å². The second-order valence-electron chi connectivity index (χ2n) is 7.31. The minimum atomic E-state index is -4.38. The van der Waals surface area contributed by atoms with Gasteiger partial charge in [0.2, 0.25) is 5.91 Å². The Hall–Kier alpha value is -2.83. The lowest BCUT2D eigenvalue weighted by Crippen LogP contribution is -2.47. The number of piperidine rings is 1. The average molecular weight is 404 g/mol. The number of likely N-dealkylation sites (tertiary alicyclic amines) is 1. The van der Waals surface area contributed by atoms with E-state index in [1.807, 2.05) is 25.1 Å². The molecule has 1 heterocycles. The minimum Gasteiger partial charge on any atom is -0.349 e. The van der Waals surface area contributed by atoms with Gasteiger partial charge in [0.05, 0.1) is 12.0 Å². The average Bonchev–Trinajstić information content (AvgIpc) is 2.68. The number of hydrogen-bond acceptors (Lipinski definition) is 2. The molecule has 1 fully saturated rings. The number of nitrogens with one attached hydrogen (secondary N) is 1. The van der Waals surface area contributed by atoms with Gasteiger partial charge in [0.1, 0.15) is 0 Å². The number of amides is 2. The molecule has 0 saturated carbocycles. The van der Waals surface area contributed by atoms with Crippen molar-refractivity contribution in [2.75, 3.05) is 13.1 Å². The maximum atomic E-state index is 12.6. The van der Waals surface area contributed by atoms with Crippen LogP contribution in [0.5, 0.6) is 0 Å². The molecule has 0 atom stereocenters. The molecule has 0 spiro atoms. The zero-order valence-electron chi connectivity index (χ0n) is 16.1. The number of rotatable bonds is 4. The fourth-order valence-corrected chi connectivity index (χ4v) is 3.46. The topological polar surface area (TPSA) is 49.4 Å². The van der Waals surface area contributed by atoms with Gasteiger partial charge in [-0.05, 0) is 49.1 Å². The number of alkyl halides is 3. The van der Waals surface area contributed by atoms with Crippen molar-refractivity contribution in [2.24, 2.45) is 0 Å². The largest absolute Gasteiger partial charge is 0.416 e. The van der Waals surface area contributed by atoms with Crippen molar-refractivity contribution in [3.63, 3.8) is 0 Å². The first-order chi connectivity index (χ1) is 13.7. The molecule has 2 aromatic carbocycles. The zero-order valence-corrected chi connectivity index (χ0v) is 16.1. The van der Waals surface area contributed by atoms with Crippen LogP contribution in [0, 0.1) is 6.92 Å². The van der Waals surface area contributed by atoms with E-state index in [0.29, 0.717) is 37.1 Å². The first kappa shape index (κ1) is 20.9. The van der Waals surface area contributed by atoms with Crippen LogP contribution < -0.4 is 5.32 Å². The highest BCUT2D eigenvalue weighted by Crippen LogP contribution is 2.29. The Balaban J connectivity index is 1.49. The van der Waals surface area contributed by atoms with E-state index in [0.717, 1.165) is 17.7 Å². The van der Waals surface area contributed by atoms with E-state index in [9.17, 15) is 22.8 Å². The predicted molar refractivity (Wildman–Crippen MR) is 103 cm³/mol. The molecule has 1 N–H and O–H groups in total. The molecule has 0 unspecified atom stereocenters. The van der Waals surface area contributed by atoms with Crippen molar-refractivity contribution < 1.29 is 22.8 Å². The maximum Gasteiger partial charge on any atom is 0.416 e. The van der Waals surface area contributed by atoms with Gasteiger partial charge in [-0.3, -0.25) is 9.59 Å². The molecular weight excluding hydrogens is 381 g/mol. The molecule has 2 amide bonds. The first-order valence-electron chi connectivity index (χ1n) is 9.54. The van der Waals surface area contributed by atoms with Crippen molar-refractivity contribution in [1.82, 2.24) is 10.2 Å². The summed E-state index contributed by atoms with van der Waals surface area (Å²) in [6.45, 7) is 2.91. The molecule has 4 nitrogen and oxygen atoms in total. The molecule has 0 radical (unpaired) electrons. The Morgan fingerprint density at radius 1 is 1.03 bits per heavy atom. The number of carbonyl (C=O) groups is 2. The van der Waals surface area contributed by atoms with Gasteiger partial charge in [-0.2, -0.15) is 13.2 Å². The molecule has 7 heteroatoms. The quantitative estimate of drug-likeness (QED) is 0.838. The van der Waals surface area contributed by atoms with E-state index >= 15 is 0 Å². The van der Waals surface area contributed by atoms with Gasteiger partial charge in [0.25, 0.3) is 5.91 Å². The molecule has 2 aromatic rings. The lowest BCUT2D eigenvalue weighted by Gasteiger charge is -2.32. The van der Waals surface area contributed by atoms with Crippen LogP contribution in [-0.4, -0.2) is 35.8 Å². The molecule has 0 aromatic heterocycles. The van der Waals surface area contributed by atoms with Gasteiger partial charge < -0.3 is 10.2 Å². The molecule has 1 aliphatic heterocycles. The number of hydrogen-bond donors (Lipinski definition) is 1. The number of halogens is 3. The van der Waals surface area contributed by atoms with Crippen molar-refractivity contribution >= 4 is 11.8 Å². The second-order valence-corrected chi connectivity index (χ2v) is 7.31. The Morgan fingerprint density at radius 3 is 2.24 bits per heavy atom. The smallest absolute Gasteiger partial charge is 0.349 e. The SMILES string of the molecule is Cc1ccccc1C(=O)NC1CCN(C(=O)Cc2ccc(C(F)(F)F)cc2)CC1. The molecule has 154 valence electrons. The summed E-state index contributed by atoms with van der Waals surface area (Å²) < 4.78 is 37.9. The summed E-state index contributed by atoms with van der Waals surface area (Å²) in [6.07, 6.45) is -3.02. The lowest BCUT2D eigenvalue weighted by molar-refractivity contribution is -0.137. The van der Waals surface area contributed by atoms with E-state index < -0.39 is 11.7 Å². The predicted octanol–water partition coefficient (Wildman–Crippen LogP) is 3.98. The molecule has 3 rings (SSSR count). The van der Waals surface area contributed by atoms with Crippen molar-refractivity contribution in [1.29, 1.82) is 0 Å². The maximum absolute atomic E-state index is 12.6. The fourth-order valence-electron chi connectivity index (χ4n) is 3.46. The van der Waals surface area contributed by atoms with Crippen LogP contribution in [0.2, 0.25) is 0 Å². The van der Waals surface area contributed by atoms with Crippen LogP contribution in [0.3, 0.4) is 0 Å². The summed E-state index contributed by atoms with van der Waals surface area (Å²) >= 11 is 0. The molecule has 1 saturated heterocycles. The van der Waals surface area contributed by atoms with E-state index in [4.69, 9.17) is 0 Å². The highest BCUT2D eigenvalue weighted by Gasteiger charge is 2.30. The Labute approximate surface area is 167 Å². The first-order valence-corrected chi connectivity index (χ1v) is 9.54. The minimum absolute atomic E-state index is 0.00257. The van der Waals surface area contributed by atoms with Crippen molar-refractivity contribution in [2.45, 2.75) is 38.4 Å². The van der Waals surface area contributed by atoms with Crippen LogP contribution in [0.1, 0.15) is 39.9 Å². The number of benzene rings is 2. The van der Waals surface area contributed by atoms with Crippen LogP contribution in [0.25, 0.3) is 0 Å². The third kappa shape index (κ3) is 5.37. The molecule has 29 heavy (non-hydrogen) atoms. The Bertz CT molecular complexity index is 870. The number of carbonyl (C=O) groups excluding carboxylic acids is 2. The monoisotopic (exact) mass is 404 g/mol. The number of nitrogens with zero attached hydrogens (tertiary/aromatic N) is 1. The summed E-state index contributed by atoms with van der Waals surface area (Å²) in [4.78, 5) is 26.6. The summed E-state index contributed by atoms with van der Waals surface area (Å²) in [5.74, 6) is -0.230. The van der Waals surface area contributed by atoms with E-state index in [1.54, 1.807) is 11.0 Å². The van der Waals surface area contributed by atoms with Gasteiger partial charge >= 0.3 is 6.18 Å². The summed E-state index contributed by atoms with van der Waals surface area (Å²) in [5, 5.41) is 3.02. The van der Waals surface area contributed by atoms with Crippen LogP contribution >= 0.6 is 0 Å². The van der Waals surface area contributed by atoms with Gasteiger partial charge in [0.15, 0.2) is 0 Å². The lowest BCUT2D eigenvalue weighted by atomic mass is 10.0. The highest BCUT2D eigenvalue weighted by atomic mass is 19.4. The summed E-state index contributed by atoms with van der Waals surface area (Å²) in [5.41, 5.74) is 1.39. The van der Waals surface area contributed by atoms with Crippen LogP contribution in [0.15, 0.2) is 48.5 Å². The highest BCUT2D eigenvalue weighted by molar-refractivity contribution is 5.95. The van der Waals surface area contributed by atoms with Gasteiger partial charge in [-0.15, -0.1) is 0 Å². The number of aryl methyl sites for hydroxylation is 1. The Kier molecular flexibility index (Phi) is 6.25. The molecule has 1 aliphatic rings. The van der Waals surface area contributed by atoms with Crippen LogP contribution in [-0.2, 0) is 17.4 Å². The summed E-state index contributed by atoms with van der Waals surface area (Å²) in [6, 6.07) is 12.1. The van der Waals surface area contributed by atoms with Gasteiger partial charge in [-0.25, -0.2) is 0 Å².